The van der Waals surface area contributed by atoms with Gasteiger partial charge in [0.15, 0.2) is 6.61 Å². The zero-order valence-corrected chi connectivity index (χ0v) is 17.3. The summed E-state index contributed by atoms with van der Waals surface area (Å²) in [6, 6.07) is 16.1. The molecule has 0 amide bonds. The van der Waals surface area contributed by atoms with Crippen LogP contribution in [0.15, 0.2) is 64.0 Å². The smallest absolute Gasteiger partial charge is 0.324 e. The van der Waals surface area contributed by atoms with E-state index in [0.29, 0.717) is 43.8 Å². The highest BCUT2D eigenvalue weighted by atomic mass is 32.2. The molecule has 0 saturated carbocycles. The van der Waals surface area contributed by atoms with Crippen LogP contribution >= 0.6 is 0 Å². The number of sulfonamides is 1. The summed E-state index contributed by atoms with van der Waals surface area (Å²) in [5.74, 6) is 1.77. The van der Waals surface area contributed by atoms with Gasteiger partial charge in [-0.25, -0.2) is 8.42 Å². The highest BCUT2D eigenvalue weighted by molar-refractivity contribution is 7.89. The average molecular weight is 430 g/mol. The summed E-state index contributed by atoms with van der Waals surface area (Å²) >= 11 is 0. The summed E-state index contributed by atoms with van der Waals surface area (Å²) in [7, 11) is -2.02. The number of benzene rings is 2. The van der Waals surface area contributed by atoms with Crippen molar-refractivity contribution in [1.29, 1.82) is 0 Å². The minimum absolute atomic E-state index is 0.194. The summed E-state index contributed by atoms with van der Waals surface area (Å²) in [5, 5.41) is 3.94. The normalized spacial score (nSPS) is 15.2. The van der Waals surface area contributed by atoms with E-state index in [-0.39, 0.29) is 11.5 Å². The molecular formula is C20H22N4O5S. The predicted octanol–water partition coefficient (Wildman–Crippen LogP) is 2.17. The molecule has 10 heteroatoms. The van der Waals surface area contributed by atoms with E-state index in [1.165, 1.54) is 4.31 Å². The molecule has 2 heterocycles. The van der Waals surface area contributed by atoms with Crippen molar-refractivity contribution < 1.29 is 22.4 Å². The zero-order valence-electron chi connectivity index (χ0n) is 16.5. The molecule has 0 spiro atoms. The Morgan fingerprint density at radius 1 is 0.967 bits per heavy atom. The fourth-order valence-electron chi connectivity index (χ4n) is 3.11. The van der Waals surface area contributed by atoms with Gasteiger partial charge in [-0.15, -0.1) is 0 Å². The molecule has 158 valence electrons. The van der Waals surface area contributed by atoms with Crippen LogP contribution in [0, 0.1) is 0 Å². The number of para-hydroxylation sites is 1. The largest absolute Gasteiger partial charge is 0.497 e. The first kappa shape index (κ1) is 20.2. The third-order valence-corrected chi connectivity index (χ3v) is 6.69. The monoisotopic (exact) mass is 430 g/mol. The maximum absolute atomic E-state index is 12.9. The van der Waals surface area contributed by atoms with E-state index in [2.05, 4.69) is 10.1 Å². The summed E-state index contributed by atoms with van der Waals surface area (Å²) in [6.45, 7) is 1.76. The van der Waals surface area contributed by atoms with Gasteiger partial charge in [-0.3, -0.25) is 0 Å². The van der Waals surface area contributed by atoms with Gasteiger partial charge in [0.2, 0.25) is 15.8 Å². The molecule has 30 heavy (non-hydrogen) atoms. The molecule has 1 saturated heterocycles. The molecule has 1 aliphatic heterocycles. The van der Waals surface area contributed by atoms with E-state index in [4.69, 9.17) is 14.0 Å². The second kappa shape index (κ2) is 8.72. The minimum atomic E-state index is -3.56. The molecule has 0 aliphatic carbocycles. The van der Waals surface area contributed by atoms with Gasteiger partial charge in [-0.05, 0) is 36.4 Å². The van der Waals surface area contributed by atoms with Crippen LogP contribution in [0.4, 0.5) is 6.01 Å². The molecule has 0 N–H and O–H groups in total. The fraction of sp³-hybridized carbons (Fsp3) is 0.300. The molecule has 3 aromatic rings. The van der Waals surface area contributed by atoms with E-state index < -0.39 is 10.0 Å². The Hall–Kier alpha value is -3.11. The van der Waals surface area contributed by atoms with Gasteiger partial charge in [0.05, 0.1) is 12.0 Å². The summed E-state index contributed by atoms with van der Waals surface area (Å²) in [5.41, 5.74) is 0. The lowest BCUT2D eigenvalue weighted by molar-refractivity contribution is 0.286. The zero-order chi connectivity index (χ0) is 21.0. The van der Waals surface area contributed by atoms with Crippen LogP contribution in [0.3, 0.4) is 0 Å². The van der Waals surface area contributed by atoms with E-state index in [1.54, 1.807) is 31.4 Å². The molecule has 0 atom stereocenters. The lowest BCUT2D eigenvalue weighted by atomic mass is 10.3. The lowest BCUT2D eigenvalue weighted by Crippen LogP contribution is -2.48. The predicted molar refractivity (Wildman–Crippen MR) is 109 cm³/mol. The fourth-order valence-corrected chi connectivity index (χ4v) is 4.54. The number of rotatable bonds is 7. The third kappa shape index (κ3) is 4.39. The summed E-state index contributed by atoms with van der Waals surface area (Å²) in [4.78, 5) is 6.47. The van der Waals surface area contributed by atoms with Crippen molar-refractivity contribution in [1.82, 2.24) is 14.4 Å². The number of nitrogens with zero attached hydrogens (tertiary/aromatic N) is 4. The molecule has 1 aliphatic rings. The van der Waals surface area contributed by atoms with Gasteiger partial charge in [0.1, 0.15) is 11.5 Å². The number of aromatic nitrogens is 2. The standard InChI is InChI=1S/C20H22N4O5S/c1-27-16-7-9-18(10-8-16)30(25,26)24-13-11-23(12-14-24)20-21-19(22-29-20)15-28-17-5-3-2-4-6-17/h2-10H,11-15H2,1H3. The summed E-state index contributed by atoms with van der Waals surface area (Å²) in [6.07, 6.45) is 0. The van der Waals surface area contributed by atoms with Gasteiger partial charge in [0.25, 0.3) is 0 Å². The van der Waals surface area contributed by atoms with Crippen molar-refractivity contribution in [2.75, 3.05) is 38.2 Å². The Bertz CT molecular complexity index is 1060. The van der Waals surface area contributed by atoms with Gasteiger partial charge in [-0.1, -0.05) is 23.4 Å². The van der Waals surface area contributed by atoms with E-state index in [0.717, 1.165) is 5.75 Å². The number of methoxy groups -OCH3 is 1. The molecule has 0 unspecified atom stereocenters. The second-order valence-electron chi connectivity index (χ2n) is 6.66. The van der Waals surface area contributed by atoms with Crippen LogP contribution in [0.5, 0.6) is 11.5 Å². The molecule has 1 aromatic heterocycles. The van der Waals surface area contributed by atoms with Gasteiger partial charge in [-0.2, -0.15) is 9.29 Å². The van der Waals surface area contributed by atoms with Gasteiger partial charge < -0.3 is 18.9 Å². The molecule has 2 aromatic carbocycles. The maximum atomic E-state index is 12.9. The Morgan fingerprint density at radius 2 is 1.67 bits per heavy atom. The van der Waals surface area contributed by atoms with Crippen molar-refractivity contribution in [3.05, 3.63) is 60.4 Å². The molecule has 9 nitrogen and oxygen atoms in total. The van der Waals surface area contributed by atoms with Crippen LogP contribution < -0.4 is 14.4 Å². The van der Waals surface area contributed by atoms with E-state index >= 15 is 0 Å². The quantitative estimate of drug-likeness (QED) is 0.563. The number of hydrogen-bond donors (Lipinski definition) is 0. The van der Waals surface area contributed by atoms with E-state index in [9.17, 15) is 8.42 Å². The van der Waals surface area contributed by atoms with Crippen molar-refractivity contribution in [2.45, 2.75) is 11.5 Å². The van der Waals surface area contributed by atoms with E-state index in [1.807, 2.05) is 35.2 Å². The maximum Gasteiger partial charge on any atom is 0.324 e. The Labute approximate surface area is 174 Å². The van der Waals surface area contributed by atoms with Crippen LogP contribution in [0.2, 0.25) is 0 Å². The topological polar surface area (TPSA) is 98.0 Å². The van der Waals surface area contributed by atoms with Crippen molar-refractivity contribution in [2.24, 2.45) is 0 Å². The first-order valence-electron chi connectivity index (χ1n) is 9.46. The van der Waals surface area contributed by atoms with Crippen molar-refractivity contribution in [3.8, 4) is 11.5 Å². The Balaban J connectivity index is 1.34. The number of hydrogen-bond acceptors (Lipinski definition) is 8. The van der Waals surface area contributed by atoms with Gasteiger partial charge >= 0.3 is 6.01 Å². The number of piperazine rings is 1. The van der Waals surface area contributed by atoms with Crippen LogP contribution in [0.25, 0.3) is 0 Å². The molecule has 1 fully saturated rings. The molecule has 4 rings (SSSR count). The summed E-state index contributed by atoms with van der Waals surface area (Å²) < 4.78 is 43.2. The number of ether oxygens (including phenoxy) is 2. The number of anilines is 1. The van der Waals surface area contributed by atoms with Crippen LogP contribution in [-0.2, 0) is 16.6 Å². The van der Waals surface area contributed by atoms with Crippen molar-refractivity contribution >= 4 is 16.0 Å². The lowest BCUT2D eigenvalue weighted by Gasteiger charge is -2.32. The Morgan fingerprint density at radius 3 is 2.33 bits per heavy atom. The van der Waals surface area contributed by atoms with Crippen molar-refractivity contribution in [3.63, 3.8) is 0 Å². The highest BCUT2D eigenvalue weighted by Crippen LogP contribution is 2.22. The van der Waals surface area contributed by atoms with Crippen LogP contribution in [0.1, 0.15) is 5.82 Å². The van der Waals surface area contributed by atoms with Crippen LogP contribution in [-0.4, -0.2) is 56.2 Å². The Kier molecular flexibility index (Phi) is 5.86. The highest BCUT2D eigenvalue weighted by Gasteiger charge is 2.30. The average Bonchev–Trinajstić information content (AvgIpc) is 3.28. The molecule has 0 bridgehead atoms. The SMILES string of the molecule is COc1ccc(S(=O)(=O)N2CCN(c3nc(COc4ccccc4)no3)CC2)cc1. The third-order valence-electron chi connectivity index (χ3n) is 4.77. The second-order valence-corrected chi connectivity index (χ2v) is 8.60. The first-order valence-corrected chi connectivity index (χ1v) is 10.9. The first-order chi connectivity index (χ1) is 14.6. The minimum Gasteiger partial charge on any atom is -0.497 e. The van der Waals surface area contributed by atoms with Gasteiger partial charge in [0, 0.05) is 26.2 Å². The molecule has 0 radical (unpaired) electrons. The molecular weight excluding hydrogens is 408 g/mol.